The molecule has 3 rings (SSSR count). The van der Waals surface area contributed by atoms with Gasteiger partial charge in [-0.05, 0) is 12.0 Å². The molecule has 3 nitrogen and oxygen atoms in total. The van der Waals surface area contributed by atoms with Crippen molar-refractivity contribution in [2.75, 3.05) is 6.54 Å². The summed E-state index contributed by atoms with van der Waals surface area (Å²) in [7, 11) is 0. The van der Waals surface area contributed by atoms with E-state index in [1.165, 1.54) is 5.56 Å². The molecule has 2 saturated heterocycles. The molecule has 0 radical (unpaired) electrons. The zero-order valence-corrected chi connectivity index (χ0v) is 11.4. The molecular weight excluding hydrogens is 238 g/mol. The Morgan fingerprint density at radius 1 is 1.32 bits per heavy atom. The molecule has 0 unspecified atom stereocenters. The molecule has 2 aliphatic heterocycles. The molecule has 0 amide bonds. The van der Waals surface area contributed by atoms with Gasteiger partial charge in [-0.3, -0.25) is 9.69 Å². The number of likely N-dealkylation sites (tertiary alicyclic amines) is 1. The van der Waals surface area contributed by atoms with Crippen molar-refractivity contribution >= 4 is 5.97 Å². The molecular formula is C16H21NO2. The second-order valence-corrected chi connectivity index (χ2v) is 5.67. The molecule has 0 aromatic heterocycles. The fourth-order valence-corrected chi connectivity index (χ4v) is 3.51. The van der Waals surface area contributed by atoms with Crippen LogP contribution in [0, 0.1) is 5.92 Å². The van der Waals surface area contributed by atoms with Crippen LogP contribution in [-0.2, 0) is 16.1 Å². The molecule has 0 spiro atoms. The Bertz CT molecular complexity index is 445. The highest BCUT2D eigenvalue weighted by Crippen LogP contribution is 2.37. The molecule has 0 bridgehead atoms. The van der Waals surface area contributed by atoms with E-state index in [0.717, 1.165) is 25.9 Å². The highest BCUT2D eigenvalue weighted by Gasteiger charge is 2.48. The van der Waals surface area contributed by atoms with Gasteiger partial charge in [0.2, 0.25) is 0 Å². The Balaban J connectivity index is 1.73. The third kappa shape index (κ3) is 2.52. The van der Waals surface area contributed by atoms with Crippen LogP contribution in [0.3, 0.4) is 0 Å². The summed E-state index contributed by atoms with van der Waals surface area (Å²) in [6.07, 6.45) is 3.06. The van der Waals surface area contributed by atoms with E-state index in [1.807, 2.05) is 6.07 Å². The number of hydrogen-bond acceptors (Lipinski definition) is 3. The van der Waals surface area contributed by atoms with Crippen molar-refractivity contribution in [1.29, 1.82) is 0 Å². The highest BCUT2D eigenvalue weighted by atomic mass is 16.6. The highest BCUT2D eigenvalue weighted by molar-refractivity contribution is 5.72. The van der Waals surface area contributed by atoms with Gasteiger partial charge in [-0.25, -0.2) is 0 Å². The smallest absolute Gasteiger partial charge is 0.306 e. The van der Waals surface area contributed by atoms with Gasteiger partial charge >= 0.3 is 5.97 Å². The first kappa shape index (κ1) is 12.7. The molecule has 1 aromatic carbocycles. The number of esters is 1. The van der Waals surface area contributed by atoms with Crippen molar-refractivity contribution in [2.24, 2.45) is 5.92 Å². The number of hydrogen-bond donors (Lipinski definition) is 0. The van der Waals surface area contributed by atoms with Crippen molar-refractivity contribution in [1.82, 2.24) is 4.90 Å². The van der Waals surface area contributed by atoms with E-state index in [0.29, 0.717) is 18.4 Å². The maximum Gasteiger partial charge on any atom is 0.306 e. The summed E-state index contributed by atoms with van der Waals surface area (Å²) in [5, 5.41) is 0. The van der Waals surface area contributed by atoms with Crippen molar-refractivity contribution in [3.8, 4) is 0 Å². The van der Waals surface area contributed by atoms with E-state index in [1.54, 1.807) is 0 Å². The second-order valence-electron chi connectivity index (χ2n) is 5.67. The molecule has 0 N–H and O–H groups in total. The van der Waals surface area contributed by atoms with Crippen LogP contribution >= 0.6 is 0 Å². The summed E-state index contributed by atoms with van der Waals surface area (Å²) in [4.78, 5) is 13.9. The van der Waals surface area contributed by atoms with Crippen LogP contribution in [0.4, 0.5) is 0 Å². The normalized spacial score (nSPS) is 30.4. The van der Waals surface area contributed by atoms with Crippen molar-refractivity contribution in [3.63, 3.8) is 0 Å². The number of rotatable bonds is 4. The first-order valence-electron chi connectivity index (χ1n) is 7.25. The van der Waals surface area contributed by atoms with E-state index in [9.17, 15) is 4.79 Å². The fourth-order valence-electron chi connectivity index (χ4n) is 3.51. The largest absolute Gasteiger partial charge is 0.461 e. The zero-order valence-electron chi connectivity index (χ0n) is 11.4. The van der Waals surface area contributed by atoms with E-state index >= 15 is 0 Å². The minimum Gasteiger partial charge on any atom is -0.461 e. The molecule has 102 valence electrons. The quantitative estimate of drug-likeness (QED) is 0.778. The summed E-state index contributed by atoms with van der Waals surface area (Å²) in [5.41, 5.74) is 1.34. The van der Waals surface area contributed by atoms with Gasteiger partial charge in [0, 0.05) is 25.0 Å². The lowest BCUT2D eigenvalue weighted by Crippen LogP contribution is -2.32. The Morgan fingerprint density at radius 3 is 2.84 bits per heavy atom. The maximum atomic E-state index is 11.4. The van der Waals surface area contributed by atoms with Crippen molar-refractivity contribution in [3.05, 3.63) is 35.9 Å². The summed E-state index contributed by atoms with van der Waals surface area (Å²) in [6.45, 7) is 4.08. The average Bonchev–Trinajstić information content (AvgIpc) is 2.90. The topological polar surface area (TPSA) is 29.5 Å². The Morgan fingerprint density at radius 2 is 2.11 bits per heavy atom. The van der Waals surface area contributed by atoms with Gasteiger partial charge in [0.1, 0.15) is 6.10 Å². The van der Waals surface area contributed by atoms with E-state index < -0.39 is 0 Å². The number of nitrogens with zero attached hydrogens (tertiary/aromatic N) is 1. The number of fused-ring (bicyclic) bond motifs is 1. The molecule has 2 heterocycles. The Kier molecular flexibility index (Phi) is 3.56. The molecule has 3 atom stereocenters. The first-order valence-corrected chi connectivity index (χ1v) is 7.25. The van der Waals surface area contributed by atoms with Gasteiger partial charge in [0.15, 0.2) is 0 Å². The van der Waals surface area contributed by atoms with Gasteiger partial charge in [-0.15, -0.1) is 0 Å². The van der Waals surface area contributed by atoms with E-state index in [-0.39, 0.29) is 12.1 Å². The van der Waals surface area contributed by atoms with Gasteiger partial charge in [-0.1, -0.05) is 43.7 Å². The SMILES string of the molecule is CCC[C@H]1[C@H]2CC(=O)O[C@H]2CN1Cc1ccccc1. The molecule has 2 aliphatic rings. The third-order valence-electron chi connectivity index (χ3n) is 4.35. The maximum absolute atomic E-state index is 11.4. The van der Waals surface area contributed by atoms with Gasteiger partial charge < -0.3 is 4.74 Å². The minimum absolute atomic E-state index is 0.00420. The molecule has 0 aliphatic carbocycles. The van der Waals surface area contributed by atoms with Gasteiger partial charge in [-0.2, -0.15) is 0 Å². The Hall–Kier alpha value is -1.35. The molecule has 3 heteroatoms. The molecule has 19 heavy (non-hydrogen) atoms. The molecule has 0 saturated carbocycles. The number of benzene rings is 1. The fraction of sp³-hybridized carbons (Fsp3) is 0.562. The summed E-state index contributed by atoms with van der Waals surface area (Å²) in [6, 6.07) is 11.1. The van der Waals surface area contributed by atoms with Crippen LogP contribution in [0.5, 0.6) is 0 Å². The summed E-state index contributed by atoms with van der Waals surface area (Å²) < 4.78 is 5.45. The van der Waals surface area contributed by atoms with Crippen LogP contribution in [0.1, 0.15) is 31.7 Å². The van der Waals surface area contributed by atoms with E-state index in [4.69, 9.17) is 4.74 Å². The predicted molar refractivity (Wildman–Crippen MR) is 73.5 cm³/mol. The predicted octanol–water partition coefficient (Wildman–Crippen LogP) is 2.60. The molecule has 2 fully saturated rings. The lowest BCUT2D eigenvalue weighted by molar-refractivity contribution is -0.141. The third-order valence-corrected chi connectivity index (χ3v) is 4.35. The average molecular weight is 259 g/mol. The van der Waals surface area contributed by atoms with Crippen LogP contribution in [-0.4, -0.2) is 29.6 Å². The second kappa shape index (κ2) is 5.33. The lowest BCUT2D eigenvalue weighted by Gasteiger charge is -2.26. The monoisotopic (exact) mass is 259 g/mol. The standard InChI is InChI=1S/C16H21NO2/c1-2-6-14-13-9-16(18)19-15(13)11-17(14)10-12-7-4-3-5-8-12/h3-5,7-8,13-15H,2,6,9-11H2,1H3/t13-,14+,15+/m1/s1. The minimum atomic E-state index is -0.00420. The first-order chi connectivity index (χ1) is 9.28. The Labute approximate surface area is 114 Å². The zero-order chi connectivity index (χ0) is 13.2. The number of carbonyl (C=O) groups is 1. The van der Waals surface area contributed by atoms with Crippen LogP contribution < -0.4 is 0 Å². The van der Waals surface area contributed by atoms with Gasteiger partial charge in [0.05, 0.1) is 6.42 Å². The van der Waals surface area contributed by atoms with E-state index in [2.05, 4.69) is 36.1 Å². The van der Waals surface area contributed by atoms with Gasteiger partial charge in [0.25, 0.3) is 0 Å². The number of ether oxygens (including phenoxy) is 1. The van der Waals surface area contributed by atoms with Crippen molar-refractivity contribution < 1.29 is 9.53 Å². The lowest BCUT2D eigenvalue weighted by atomic mass is 9.93. The number of carbonyl (C=O) groups excluding carboxylic acids is 1. The summed E-state index contributed by atoms with van der Waals surface area (Å²) in [5.74, 6) is 0.409. The van der Waals surface area contributed by atoms with Crippen molar-refractivity contribution in [2.45, 2.75) is 44.9 Å². The van der Waals surface area contributed by atoms with Crippen LogP contribution in [0.15, 0.2) is 30.3 Å². The van der Waals surface area contributed by atoms with Crippen LogP contribution in [0.2, 0.25) is 0 Å². The summed E-state index contributed by atoms with van der Waals surface area (Å²) >= 11 is 0. The van der Waals surface area contributed by atoms with Crippen LogP contribution in [0.25, 0.3) is 0 Å². The molecule has 1 aromatic rings.